The van der Waals surface area contributed by atoms with E-state index in [9.17, 15) is 4.79 Å². The average molecular weight is 429 g/mol. The molecule has 0 atom stereocenters. The summed E-state index contributed by atoms with van der Waals surface area (Å²) in [4.78, 5) is 21.8. The zero-order valence-corrected chi connectivity index (χ0v) is 17.9. The van der Waals surface area contributed by atoms with Gasteiger partial charge in [0.2, 0.25) is 5.13 Å². The van der Waals surface area contributed by atoms with E-state index in [1.807, 2.05) is 63.2 Å². The lowest BCUT2D eigenvalue weighted by atomic mass is 10.2. The second kappa shape index (κ2) is 8.63. The van der Waals surface area contributed by atoms with Gasteiger partial charge in [-0.2, -0.15) is 0 Å². The lowest BCUT2D eigenvalue weighted by molar-refractivity contribution is 0.341. The summed E-state index contributed by atoms with van der Waals surface area (Å²) in [6.07, 6.45) is 1.58. The molecule has 4 rings (SSSR count). The summed E-state index contributed by atoms with van der Waals surface area (Å²) >= 11 is 1.47. The van der Waals surface area contributed by atoms with E-state index in [2.05, 4.69) is 15.1 Å². The summed E-state index contributed by atoms with van der Waals surface area (Å²) in [6.45, 7) is 6.43. The maximum Gasteiger partial charge on any atom is 0.280 e. The smallest absolute Gasteiger partial charge is 0.280 e. The fourth-order valence-corrected chi connectivity index (χ4v) is 3.82. The zero-order chi connectivity index (χ0) is 19.7. The summed E-state index contributed by atoms with van der Waals surface area (Å²) in [5.74, 6) is 0.816. The van der Waals surface area contributed by atoms with E-state index >= 15 is 0 Å². The SMILES string of the molecule is CCOc1ccc2nc(N=Cc3c(C)[nH]n(-c4cccc(C)c4)c3=O)sc2c1.Cl. The summed E-state index contributed by atoms with van der Waals surface area (Å²) in [5.41, 5.74) is 3.91. The van der Waals surface area contributed by atoms with Gasteiger partial charge in [-0.3, -0.25) is 9.89 Å². The maximum absolute atomic E-state index is 12.8. The van der Waals surface area contributed by atoms with Crippen LogP contribution >= 0.6 is 23.7 Å². The first-order chi connectivity index (χ1) is 13.5. The lowest BCUT2D eigenvalue weighted by Crippen LogP contribution is -2.17. The number of hydrogen-bond acceptors (Lipinski definition) is 5. The maximum atomic E-state index is 12.8. The van der Waals surface area contributed by atoms with Crippen molar-refractivity contribution in [3.63, 3.8) is 0 Å². The molecule has 0 amide bonds. The Kier molecular flexibility index (Phi) is 6.20. The van der Waals surface area contributed by atoms with Crippen molar-refractivity contribution in [1.29, 1.82) is 0 Å². The Balaban J connectivity index is 0.00000240. The van der Waals surface area contributed by atoms with Gasteiger partial charge in [0.15, 0.2) is 0 Å². The predicted octanol–water partition coefficient (Wildman–Crippen LogP) is 4.96. The quantitative estimate of drug-likeness (QED) is 0.456. The number of aliphatic imine (C=N–C) groups is 1. The highest BCUT2D eigenvalue weighted by Crippen LogP contribution is 2.30. The van der Waals surface area contributed by atoms with Crippen molar-refractivity contribution in [2.45, 2.75) is 20.8 Å². The number of fused-ring (bicyclic) bond motifs is 1. The number of aryl methyl sites for hydroxylation is 2. The fraction of sp³-hybridized carbons (Fsp3) is 0.190. The van der Waals surface area contributed by atoms with Gasteiger partial charge in [0.1, 0.15) is 5.75 Å². The molecule has 150 valence electrons. The van der Waals surface area contributed by atoms with E-state index in [1.54, 1.807) is 6.21 Å². The number of hydrogen-bond donors (Lipinski definition) is 1. The molecular weight excluding hydrogens is 408 g/mol. The molecule has 0 aliphatic carbocycles. The highest BCUT2D eigenvalue weighted by Gasteiger charge is 2.11. The van der Waals surface area contributed by atoms with Gasteiger partial charge in [0.05, 0.1) is 28.1 Å². The first kappa shape index (κ1) is 20.8. The molecule has 0 saturated carbocycles. The van der Waals surface area contributed by atoms with E-state index in [-0.39, 0.29) is 18.0 Å². The number of halogens is 1. The average Bonchev–Trinajstić information content (AvgIpc) is 3.20. The van der Waals surface area contributed by atoms with Crippen LogP contribution in [0.2, 0.25) is 0 Å². The minimum Gasteiger partial charge on any atom is -0.494 e. The zero-order valence-electron chi connectivity index (χ0n) is 16.3. The number of H-pyrrole nitrogens is 1. The Morgan fingerprint density at radius 1 is 1.24 bits per heavy atom. The molecule has 0 saturated heterocycles. The summed E-state index contributed by atoms with van der Waals surface area (Å²) in [6, 6.07) is 13.6. The number of aromatic nitrogens is 3. The Morgan fingerprint density at radius 2 is 2.07 bits per heavy atom. The molecule has 6 nitrogen and oxygen atoms in total. The minimum atomic E-state index is -0.133. The van der Waals surface area contributed by atoms with Crippen molar-refractivity contribution in [3.8, 4) is 11.4 Å². The van der Waals surface area contributed by atoms with Crippen LogP contribution in [0.15, 0.2) is 52.3 Å². The van der Waals surface area contributed by atoms with Crippen LogP contribution < -0.4 is 10.3 Å². The van der Waals surface area contributed by atoms with Crippen molar-refractivity contribution in [2.75, 3.05) is 6.61 Å². The lowest BCUT2D eigenvalue weighted by Gasteiger charge is -2.02. The molecule has 0 aliphatic rings. The number of nitrogens with one attached hydrogen (secondary N) is 1. The molecule has 2 aromatic heterocycles. The van der Waals surface area contributed by atoms with Crippen LogP contribution in [0.3, 0.4) is 0 Å². The second-order valence-electron chi connectivity index (χ2n) is 6.45. The van der Waals surface area contributed by atoms with Gasteiger partial charge in [-0.15, -0.1) is 12.4 Å². The molecule has 29 heavy (non-hydrogen) atoms. The molecule has 0 unspecified atom stereocenters. The van der Waals surface area contributed by atoms with Crippen LogP contribution in [0, 0.1) is 13.8 Å². The molecule has 8 heteroatoms. The molecule has 4 aromatic rings. The number of ether oxygens (including phenoxy) is 1. The third kappa shape index (κ3) is 4.26. The highest BCUT2D eigenvalue weighted by molar-refractivity contribution is 7.22. The molecule has 0 radical (unpaired) electrons. The van der Waals surface area contributed by atoms with Crippen LogP contribution in [0.4, 0.5) is 5.13 Å². The van der Waals surface area contributed by atoms with E-state index in [1.165, 1.54) is 16.0 Å². The monoisotopic (exact) mass is 428 g/mol. The first-order valence-electron chi connectivity index (χ1n) is 9.01. The first-order valence-corrected chi connectivity index (χ1v) is 9.83. The molecule has 0 spiro atoms. The van der Waals surface area contributed by atoms with Gasteiger partial charge in [-0.1, -0.05) is 23.5 Å². The molecule has 0 bridgehead atoms. The van der Waals surface area contributed by atoms with Crippen LogP contribution in [-0.4, -0.2) is 27.6 Å². The van der Waals surface area contributed by atoms with Crippen LogP contribution in [0.1, 0.15) is 23.7 Å². The fourth-order valence-electron chi connectivity index (χ4n) is 2.98. The number of nitrogens with zero attached hydrogens (tertiary/aromatic N) is 3. The van der Waals surface area contributed by atoms with E-state index in [0.29, 0.717) is 17.3 Å². The molecule has 0 aliphatic heterocycles. The van der Waals surface area contributed by atoms with Crippen molar-refractivity contribution in [2.24, 2.45) is 4.99 Å². The topological polar surface area (TPSA) is 72.3 Å². The molecule has 2 aromatic carbocycles. The van der Waals surface area contributed by atoms with E-state index < -0.39 is 0 Å². The summed E-state index contributed by atoms with van der Waals surface area (Å²) in [7, 11) is 0. The van der Waals surface area contributed by atoms with Crippen LogP contribution in [0.25, 0.3) is 15.9 Å². The van der Waals surface area contributed by atoms with Crippen LogP contribution in [0.5, 0.6) is 5.75 Å². The van der Waals surface area contributed by atoms with Crippen molar-refractivity contribution in [1.82, 2.24) is 14.8 Å². The number of thiazole rings is 1. The molecule has 1 N–H and O–H groups in total. The number of benzene rings is 2. The van der Waals surface area contributed by atoms with Crippen molar-refractivity contribution in [3.05, 3.63) is 69.6 Å². The standard InChI is InChI=1S/C21H20N4O2S.ClH/c1-4-27-16-8-9-18-19(11-16)28-21(23-18)22-12-17-14(3)24-25(20(17)26)15-7-5-6-13(2)10-15;/h5-12,24H,4H2,1-3H3;1H. The van der Waals surface area contributed by atoms with Crippen molar-refractivity contribution < 1.29 is 4.74 Å². The van der Waals surface area contributed by atoms with Gasteiger partial charge in [-0.25, -0.2) is 14.7 Å². The Labute approximate surface area is 178 Å². The summed E-state index contributed by atoms with van der Waals surface area (Å²) in [5, 5.41) is 3.72. The third-order valence-electron chi connectivity index (χ3n) is 4.34. The Bertz CT molecular complexity index is 1240. The van der Waals surface area contributed by atoms with Crippen molar-refractivity contribution >= 4 is 45.3 Å². The third-order valence-corrected chi connectivity index (χ3v) is 5.27. The Morgan fingerprint density at radius 3 is 2.83 bits per heavy atom. The van der Waals surface area contributed by atoms with Crippen LogP contribution in [-0.2, 0) is 0 Å². The Hall–Kier alpha value is -2.90. The highest BCUT2D eigenvalue weighted by atomic mass is 35.5. The normalized spacial score (nSPS) is 11.1. The molecule has 0 fully saturated rings. The predicted molar refractivity (Wildman–Crippen MR) is 121 cm³/mol. The van der Waals surface area contributed by atoms with Gasteiger partial charge in [0, 0.05) is 11.9 Å². The van der Waals surface area contributed by atoms with E-state index in [4.69, 9.17) is 4.74 Å². The molecule has 2 heterocycles. The number of aromatic amines is 1. The van der Waals surface area contributed by atoms with Gasteiger partial charge < -0.3 is 4.74 Å². The van der Waals surface area contributed by atoms with Gasteiger partial charge in [0.25, 0.3) is 5.56 Å². The van der Waals surface area contributed by atoms with Gasteiger partial charge >= 0.3 is 0 Å². The number of rotatable bonds is 5. The largest absolute Gasteiger partial charge is 0.494 e. The van der Waals surface area contributed by atoms with Gasteiger partial charge in [-0.05, 0) is 56.7 Å². The van der Waals surface area contributed by atoms with E-state index in [0.717, 1.165) is 32.9 Å². The second-order valence-corrected chi connectivity index (χ2v) is 7.46. The molecular formula is C21H21ClN4O2S. The minimum absolute atomic E-state index is 0. The summed E-state index contributed by atoms with van der Waals surface area (Å²) < 4.78 is 8.07.